The quantitative estimate of drug-likeness (QED) is 0.933. The van der Waals surface area contributed by atoms with E-state index in [9.17, 15) is 0 Å². The molecule has 1 aromatic carbocycles. The zero-order valence-corrected chi connectivity index (χ0v) is 12.3. The van der Waals surface area contributed by atoms with E-state index in [0.29, 0.717) is 5.92 Å². The first-order valence-corrected chi connectivity index (χ1v) is 7.06. The molecule has 2 aromatic rings. The normalized spacial score (nSPS) is 18.9. The number of nitrogens with one attached hydrogen (secondary N) is 1. The van der Waals surface area contributed by atoms with Gasteiger partial charge in [-0.2, -0.15) is 5.10 Å². The Morgan fingerprint density at radius 3 is 3.10 bits per heavy atom. The lowest BCUT2D eigenvalue weighted by Gasteiger charge is -2.31. The third-order valence-electron chi connectivity index (χ3n) is 4.18. The monoisotopic (exact) mass is 271 g/mol. The largest absolute Gasteiger partial charge is 0.496 e. The summed E-state index contributed by atoms with van der Waals surface area (Å²) in [6, 6.07) is 6.27. The first-order valence-electron chi connectivity index (χ1n) is 7.06. The molecular formula is C16H21N3O. The van der Waals surface area contributed by atoms with Crippen LogP contribution in [0.15, 0.2) is 24.4 Å². The number of hydrogen-bond donors (Lipinski definition) is 1. The van der Waals surface area contributed by atoms with E-state index in [1.807, 2.05) is 12.3 Å². The van der Waals surface area contributed by atoms with E-state index in [1.165, 1.54) is 22.4 Å². The van der Waals surface area contributed by atoms with Gasteiger partial charge in [0.2, 0.25) is 0 Å². The lowest BCUT2D eigenvalue weighted by molar-refractivity contribution is 0.224. The summed E-state index contributed by atoms with van der Waals surface area (Å²) >= 11 is 0. The molecule has 0 radical (unpaired) electrons. The minimum absolute atomic E-state index is 0.507. The summed E-state index contributed by atoms with van der Waals surface area (Å²) in [4.78, 5) is 2.48. The van der Waals surface area contributed by atoms with Gasteiger partial charge in [-0.15, -0.1) is 0 Å². The molecule has 106 valence electrons. The molecule has 1 aromatic heterocycles. The van der Waals surface area contributed by atoms with Crippen LogP contribution < -0.4 is 4.74 Å². The first-order chi connectivity index (χ1) is 9.69. The summed E-state index contributed by atoms with van der Waals surface area (Å²) in [7, 11) is 1.73. The number of fused-ring (bicyclic) bond motifs is 1. The number of aromatic amines is 1. The van der Waals surface area contributed by atoms with Crippen molar-refractivity contribution in [2.24, 2.45) is 0 Å². The predicted octanol–water partition coefficient (Wildman–Crippen LogP) is 2.85. The molecule has 1 N–H and O–H groups in total. The van der Waals surface area contributed by atoms with Crippen LogP contribution >= 0.6 is 0 Å². The summed E-state index contributed by atoms with van der Waals surface area (Å²) in [5, 5.41) is 7.29. The fraction of sp³-hybridized carbons (Fsp3) is 0.438. The fourth-order valence-corrected chi connectivity index (χ4v) is 3.07. The molecule has 4 nitrogen and oxygen atoms in total. The fourth-order valence-electron chi connectivity index (χ4n) is 3.07. The van der Waals surface area contributed by atoms with Crippen LogP contribution in [0.3, 0.4) is 0 Å². The predicted molar refractivity (Wildman–Crippen MR) is 78.8 cm³/mol. The molecule has 1 unspecified atom stereocenters. The molecule has 1 aliphatic rings. The maximum absolute atomic E-state index is 5.41. The van der Waals surface area contributed by atoms with E-state index in [2.05, 4.69) is 41.1 Å². The second kappa shape index (κ2) is 5.29. The molecule has 1 atom stereocenters. The third-order valence-corrected chi connectivity index (χ3v) is 4.18. The zero-order chi connectivity index (χ0) is 14.1. The second-order valence-corrected chi connectivity index (χ2v) is 5.62. The molecule has 1 aliphatic heterocycles. The van der Waals surface area contributed by atoms with Gasteiger partial charge < -0.3 is 4.74 Å². The third kappa shape index (κ3) is 2.31. The highest BCUT2D eigenvalue weighted by Gasteiger charge is 2.24. The second-order valence-electron chi connectivity index (χ2n) is 5.62. The Hall–Kier alpha value is -1.81. The molecule has 4 heteroatoms. The molecule has 0 aliphatic carbocycles. The standard InChI is InChI=1S/C16H21N3O/c1-11-8-19(10-14-7-17-18-16(11)14)9-13-5-4-6-15(20-3)12(13)2/h4-7,11H,8-10H2,1-3H3,(H,17,18). The number of H-pyrrole nitrogens is 1. The molecule has 0 saturated heterocycles. The van der Waals surface area contributed by atoms with Crippen LogP contribution in [0.1, 0.15) is 35.2 Å². The van der Waals surface area contributed by atoms with Gasteiger partial charge in [0, 0.05) is 36.8 Å². The summed E-state index contributed by atoms with van der Waals surface area (Å²) in [6.45, 7) is 7.36. The molecule has 0 fully saturated rings. The summed E-state index contributed by atoms with van der Waals surface area (Å²) in [5.74, 6) is 1.48. The summed E-state index contributed by atoms with van der Waals surface area (Å²) < 4.78 is 5.41. The number of ether oxygens (including phenoxy) is 1. The molecule has 0 amide bonds. The number of aromatic nitrogens is 2. The van der Waals surface area contributed by atoms with Crippen molar-refractivity contribution in [2.45, 2.75) is 32.9 Å². The SMILES string of the molecule is COc1cccc(CN2Cc3cn[nH]c3C(C)C2)c1C. The Bertz CT molecular complexity index is 606. The Labute approximate surface area is 119 Å². The minimum Gasteiger partial charge on any atom is -0.496 e. The number of methoxy groups -OCH3 is 1. The first kappa shape index (κ1) is 13.2. The van der Waals surface area contributed by atoms with Crippen LogP contribution in [0.5, 0.6) is 5.75 Å². The highest BCUT2D eigenvalue weighted by atomic mass is 16.5. The molecule has 0 bridgehead atoms. The van der Waals surface area contributed by atoms with E-state index in [-0.39, 0.29) is 0 Å². The van der Waals surface area contributed by atoms with Gasteiger partial charge in [-0.1, -0.05) is 19.1 Å². The van der Waals surface area contributed by atoms with Crippen molar-refractivity contribution >= 4 is 0 Å². The molecule has 3 rings (SSSR count). The maximum atomic E-state index is 5.41. The van der Waals surface area contributed by atoms with Crippen molar-refractivity contribution in [1.82, 2.24) is 15.1 Å². The molecular weight excluding hydrogens is 250 g/mol. The van der Waals surface area contributed by atoms with Crippen LogP contribution in [0.2, 0.25) is 0 Å². The van der Waals surface area contributed by atoms with Gasteiger partial charge in [0.1, 0.15) is 5.75 Å². The van der Waals surface area contributed by atoms with Gasteiger partial charge in [-0.05, 0) is 24.1 Å². The van der Waals surface area contributed by atoms with E-state index < -0.39 is 0 Å². The Kier molecular flexibility index (Phi) is 3.49. The van der Waals surface area contributed by atoms with E-state index in [1.54, 1.807) is 7.11 Å². The number of rotatable bonds is 3. The van der Waals surface area contributed by atoms with Crippen molar-refractivity contribution in [3.05, 3.63) is 46.8 Å². The molecule has 2 heterocycles. The zero-order valence-electron chi connectivity index (χ0n) is 12.3. The molecule has 0 spiro atoms. The van der Waals surface area contributed by atoms with Crippen molar-refractivity contribution in [3.8, 4) is 5.75 Å². The Morgan fingerprint density at radius 1 is 1.45 bits per heavy atom. The van der Waals surface area contributed by atoms with Gasteiger partial charge in [0.25, 0.3) is 0 Å². The van der Waals surface area contributed by atoms with Crippen LogP contribution in [0.25, 0.3) is 0 Å². The molecule has 0 saturated carbocycles. The van der Waals surface area contributed by atoms with Gasteiger partial charge in [-0.3, -0.25) is 10.00 Å². The van der Waals surface area contributed by atoms with E-state index in [0.717, 1.165) is 25.4 Å². The lowest BCUT2D eigenvalue weighted by Crippen LogP contribution is -2.32. The molecule has 20 heavy (non-hydrogen) atoms. The lowest BCUT2D eigenvalue weighted by atomic mass is 9.97. The number of nitrogens with zero attached hydrogens (tertiary/aromatic N) is 2. The topological polar surface area (TPSA) is 41.1 Å². The highest BCUT2D eigenvalue weighted by molar-refractivity contribution is 5.39. The summed E-state index contributed by atoms with van der Waals surface area (Å²) in [5.41, 5.74) is 5.19. The van der Waals surface area contributed by atoms with E-state index in [4.69, 9.17) is 4.74 Å². The van der Waals surface area contributed by atoms with Crippen LogP contribution in [-0.2, 0) is 13.1 Å². The number of hydrogen-bond acceptors (Lipinski definition) is 3. The van der Waals surface area contributed by atoms with Gasteiger partial charge >= 0.3 is 0 Å². The van der Waals surface area contributed by atoms with Gasteiger partial charge in [0.15, 0.2) is 0 Å². The Balaban J connectivity index is 1.80. The highest BCUT2D eigenvalue weighted by Crippen LogP contribution is 2.28. The van der Waals surface area contributed by atoms with Crippen LogP contribution in [0.4, 0.5) is 0 Å². The van der Waals surface area contributed by atoms with Crippen molar-refractivity contribution in [2.75, 3.05) is 13.7 Å². The van der Waals surface area contributed by atoms with Gasteiger partial charge in [0.05, 0.1) is 13.3 Å². The van der Waals surface area contributed by atoms with Crippen molar-refractivity contribution in [3.63, 3.8) is 0 Å². The van der Waals surface area contributed by atoms with Crippen LogP contribution in [-0.4, -0.2) is 28.8 Å². The number of benzene rings is 1. The van der Waals surface area contributed by atoms with E-state index >= 15 is 0 Å². The minimum atomic E-state index is 0.507. The Morgan fingerprint density at radius 2 is 2.30 bits per heavy atom. The maximum Gasteiger partial charge on any atom is 0.122 e. The average Bonchev–Trinajstić information content (AvgIpc) is 2.90. The van der Waals surface area contributed by atoms with Crippen LogP contribution in [0, 0.1) is 6.92 Å². The van der Waals surface area contributed by atoms with Gasteiger partial charge in [-0.25, -0.2) is 0 Å². The van der Waals surface area contributed by atoms with Crippen molar-refractivity contribution < 1.29 is 4.74 Å². The van der Waals surface area contributed by atoms with Crippen molar-refractivity contribution in [1.29, 1.82) is 0 Å². The smallest absolute Gasteiger partial charge is 0.122 e. The summed E-state index contributed by atoms with van der Waals surface area (Å²) in [6.07, 6.45) is 1.95. The average molecular weight is 271 g/mol.